The zero-order valence-electron chi connectivity index (χ0n) is 11.6. The summed E-state index contributed by atoms with van der Waals surface area (Å²) in [4.78, 5) is 2.51. The molecule has 104 valence electrons. The summed E-state index contributed by atoms with van der Waals surface area (Å²) in [6.07, 6.45) is 2.55. The summed E-state index contributed by atoms with van der Waals surface area (Å²) < 4.78 is 0. The minimum atomic E-state index is 0.0645. The molecule has 1 aromatic rings. The Morgan fingerprint density at radius 1 is 1.53 bits per heavy atom. The highest BCUT2D eigenvalue weighted by atomic mass is 35.5. The number of benzene rings is 1. The van der Waals surface area contributed by atoms with Crippen LogP contribution in [0.3, 0.4) is 0 Å². The molecule has 0 bridgehead atoms. The van der Waals surface area contributed by atoms with Crippen LogP contribution in [0.15, 0.2) is 18.2 Å². The molecule has 19 heavy (non-hydrogen) atoms. The number of rotatable bonds is 4. The number of likely N-dealkylation sites (tertiary alicyclic amines) is 1. The Morgan fingerprint density at radius 3 is 2.84 bits per heavy atom. The van der Waals surface area contributed by atoms with Crippen molar-refractivity contribution in [2.75, 3.05) is 6.54 Å². The average molecular weight is 280 g/mol. The van der Waals surface area contributed by atoms with Crippen LogP contribution in [-0.4, -0.2) is 23.3 Å². The second-order valence-corrected chi connectivity index (χ2v) is 6.05. The van der Waals surface area contributed by atoms with E-state index in [0.717, 1.165) is 18.7 Å². The van der Waals surface area contributed by atoms with Crippen LogP contribution in [0.4, 0.5) is 0 Å². The zero-order valence-corrected chi connectivity index (χ0v) is 12.4. The van der Waals surface area contributed by atoms with Gasteiger partial charge in [0.05, 0.1) is 0 Å². The van der Waals surface area contributed by atoms with E-state index in [0.29, 0.717) is 22.5 Å². The number of nitrogen functional groups attached to an aromatic ring is 1. The van der Waals surface area contributed by atoms with E-state index < -0.39 is 0 Å². The van der Waals surface area contributed by atoms with Gasteiger partial charge in [0, 0.05) is 23.2 Å². The van der Waals surface area contributed by atoms with Gasteiger partial charge in [0.25, 0.3) is 0 Å². The molecule has 1 unspecified atom stereocenters. The van der Waals surface area contributed by atoms with Crippen molar-refractivity contribution < 1.29 is 0 Å². The van der Waals surface area contributed by atoms with E-state index in [1.165, 1.54) is 12.8 Å². The lowest BCUT2D eigenvalue weighted by atomic mass is 10.0. The summed E-state index contributed by atoms with van der Waals surface area (Å²) in [5, 5.41) is 8.13. The maximum Gasteiger partial charge on any atom is 0.122 e. The molecule has 1 aliphatic rings. The van der Waals surface area contributed by atoms with Crippen LogP contribution in [-0.2, 0) is 6.54 Å². The fourth-order valence-electron chi connectivity index (χ4n) is 2.87. The number of halogens is 1. The van der Waals surface area contributed by atoms with Crippen molar-refractivity contribution in [1.82, 2.24) is 4.90 Å². The van der Waals surface area contributed by atoms with Gasteiger partial charge in [-0.2, -0.15) is 0 Å². The molecule has 1 saturated heterocycles. The third kappa shape index (κ3) is 3.28. The van der Waals surface area contributed by atoms with Crippen molar-refractivity contribution in [3.63, 3.8) is 0 Å². The second kappa shape index (κ2) is 5.93. The van der Waals surface area contributed by atoms with Gasteiger partial charge in [0.15, 0.2) is 0 Å². The van der Waals surface area contributed by atoms with Crippen molar-refractivity contribution in [2.24, 2.45) is 11.7 Å². The first kappa shape index (κ1) is 14.4. The molecule has 0 aliphatic carbocycles. The van der Waals surface area contributed by atoms with Gasteiger partial charge in [-0.15, -0.1) is 0 Å². The standard InChI is InChI=1S/C15H22ClN3/c1-10(2)14-4-3-7-19(14)9-12-6-5-11(15(17)18)8-13(12)16/h5-6,8,10,14H,3-4,7,9H2,1-2H3,(H3,17,18). The van der Waals surface area contributed by atoms with Gasteiger partial charge in [-0.1, -0.05) is 37.6 Å². The molecular formula is C15H22ClN3. The van der Waals surface area contributed by atoms with Crippen LogP contribution in [0.25, 0.3) is 0 Å². The third-order valence-corrected chi connectivity index (χ3v) is 4.27. The molecule has 4 heteroatoms. The Bertz CT molecular complexity index is 470. The third-order valence-electron chi connectivity index (χ3n) is 3.92. The molecule has 1 atom stereocenters. The summed E-state index contributed by atoms with van der Waals surface area (Å²) in [7, 11) is 0. The normalized spacial score (nSPS) is 20.1. The minimum Gasteiger partial charge on any atom is -0.384 e. The molecule has 0 radical (unpaired) electrons. The molecule has 3 nitrogen and oxygen atoms in total. The highest BCUT2D eigenvalue weighted by molar-refractivity contribution is 6.31. The maximum absolute atomic E-state index is 7.42. The molecular weight excluding hydrogens is 258 g/mol. The predicted octanol–water partition coefficient (Wildman–Crippen LogP) is 3.24. The van der Waals surface area contributed by atoms with Crippen LogP contribution in [0.2, 0.25) is 5.02 Å². The van der Waals surface area contributed by atoms with Gasteiger partial charge in [0.2, 0.25) is 0 Å². The van der Waals surface area contributed by atoms with E-state index >= 15 is 0 Å². The van der Waals surface area contributed by atoms with Gasteiger partial charge in [0.1, 0.15) is 5.84 Å². The van der Waals surface area contributed by atoms with Crippen LogP contribution in [0.1, 0.15) is 37.8 Å². The van der Waals surface area contributed by atoms with Crippen LogP contribution in [0, 0.1) is 11.3 Å². The van der Waals surface area contributed by atoms with Gasteiger partial charge in [-0.05, 0) is 36.9 Å². The summed E-state index contributed by atoms with van der Waals surface area (Å²) in [6, 6.07) is 6.32. The highest BCUT2D eigenvalue weighted by Gasteiger charge is 2.27. The molecule has 0 aromatic heterocycles. The van der Waals surface area contributed by atoms with Crippen LogP contribution in [0.5, 0.6) is 0 Å². The van der Waals surface area contributed by atoms with Crippen molar-refractivity contribution >= 4 is 17.4 Å². The zero-order chi connectivity index (χ0) is 14.0. The van der Waals surface area contributed by atoms with Crippen molar-refractivity contribution in [3.8, 4) is 0 Å². The van der Waals surface area contributed by atoms with E-state index in [4.69, 9.17) is 22.7 Å². The minimum absolute atomic E-state index is 0.0645. The smallest absolute Gasteiger partial charge is 0.122 e. The number of nitrogens with two attached hydrogens (primary N) is 1. The summed E-state index contributed by atoms with van der Waals surface area (Å²) >= 11 is 6.30. The fraction of sp³-hybridized carbons (Fsp3) is 0.533. The van der Waals surface area contributed by atoms with E-state index in [2.05, 4.69) is 18.7 Å². The quantitative estimate of drug-likeness (QED) is 0.657. The molecule has 1 aliphatic heterocycles. The molecule has 1 aromatic carbocycles. The molecule has 2 rings (SSSR count). The molecule has 0 spiro atoms. The Hall–Kier alpha value is -1.06. The largest absolute Gasteiger partial charge is 0.384 e. The second-order valence-electron chi connectivity index (χ2n) is 5.64. The van der Waals surface area contributed by atoms with Crippen LogP contribution >= 0.6 is 11.6 Å². The Kier molecular flexibility index (Phi) is 4.48. The molecule has 1 fully saturated rings. The summed E-state index contributed by atoms with van der Waals surface area (Å²) in [5.74, 6) is 0.743. The topological polar surface area (TPSA) is 53.1 Å². The summed E-state index contributed by atoms with van der Waals surface area (Å²) in [6.45, 7) is 6.60. The van der Waals surface area contributed by atoms with E-state index in [-0.39, 0.29) is 5.84 Å². The van der Waals surface area contributed by atoms with Crippen LogP contribution < -0.4 is 5.73 Å². The Morgan fingerprint density at radius 2 is 2.26 bits per heavy atom. The van der Waals surface area contributed by atoms with E-state index in [1.807, 2.05) is 12.1 Å². The molecule has 3 N–H and O–H groups in total. The molecule has 1 heterocycles. The lowest BCUT2D eigenvalue weighted by Gasteiger charge is -2.28. The predicted molar refractivity (Wildman–Crippen MR) is 80.7 cm³/mol. The van der Waals surface area contributed by atoms with Crippen molar-refractivity contribution in [3.05, 3.63) is 34.3 Å². The van der Waals surface area contributed by atoms with Gasteiger partial charge in [-0.25, -0.2) is 0 Å². The van der Waals surface area contributed by atoms with Crippen molar-refractivity contribution in [2.45, 2.75) is 39.3 Å². The fourth-order valence-corrected chi connectivity index (χ4v) is 3.11. The Balaban J connectivity index is 2.13. The number of hydrogen-bond acceptors (Lipinski definition) is 2. The lowest BCUT2D eigenvalue weighted by molar-refractivity contribution is 0.199. The van der Waals surface area contributed by atoms with Crippen molar-refractivity contribution in [1.29, 1.82) is 5.41 Å². The Labute approximate surface area is 120 Å². The van der Waals surface area contributed by atoms with E-state index in [1.54, 1.807) is 6.07 Å². The van der Waals surface area contributed by atoms with E-state index in [9.17, 15) is 0 Å². The monoisotopic (exact) mass is 279 g/mol. The number of nitrogens with one attached hydrogen (secondary N) is 1. The number of amidine groups is 1. The lowest BCUT2D eigenvalue weighted by Crippen LogP contribution is -2.32. The molecule has 0 saturated carbocycles. The first-order valence-corrected chi connectivity index (χ1v) is 7.23. The number of nitrogens with zero attached hydrogens (tertiary/aromatic N) is 1. The van der Waals surface area contributed by atoms with Gasteiger partial charge in [-0.3, -0.25) is 10.3 Å². The maximum atomic E-state index is 7.42. The SMILES string of the molecule is CC(C)C1CCCN1Cc1ccc(C(=N)N)cc1Cl. The average Bonchev–Trinajstić information content (AvgIpc) is 2.79. The first-order chi connectivity index (χ1) is 8.99. The highest BCUT2D eigenvalue weighted by Crippen LogP contribution is 2.28. The van der Waals surface area contributed by atoms with Gasteiger partial charge >= 0.3 is 0 Å². The first-order valence-electron chi connectivity index (χ1n) is 6.86. The van der Waals surface area contributed by atoms with Gasteiger partial charge < -0.3 is 5.73 Å². The number of hydrogen-bond donors (Lipinski definition) is 2. The summed E-state index contributed by atoms with van der Waals surface area (Å²) in [5.41, 5.74) is 7.29. The molecule has 0 amide bonds.